The average molecular weight is 268 g/mol. The van der Waals surface area contributed by atoms with Gasteiger partial charge in [-0.05, 0) is 18.1 Å². The Hall–Kier alpha value is -1.80. The average Bonchev–Trinajstić information content (AvgIpc) is 2.79. The van der Waals surface area contributed by atoms with E-state index in [1.807, 2.05) is 18.2 Å². The fourth-order valence-corrected chi connectivity index (χ4v) is 2.69. The third kappa shape index (κ3) is 2.56. The number of ether oxygens (including phenoxy) is 2. The first-order valence-corrected chi connectivity index (χ1v) is 7.13. The van der Waals surface area contributed by atoms with Gasteiger partial charge in [-0.25, -0.2) is 0 Å². The molecule has 1 aliphatic heterocycles. The van der Waals surface area contributed by atoms with Crippen LogP contribution in [-0.4, -0.2) is 12.7 Å². The summed E-state index contributed by atoms with van der Waals surface area (Å²) < 4.78 is 11.9. The highest BCUT2D eigenvalue weighted by atomic mass is 16.5. The lowest BCUT2D eigenvalue weighted by molar-refractivity contribution is 0.0425. The Morgan fingerprint density at radius 1 is 1.05 bits per heavy atom. The van der Waals surface area contributed by atoms with Gasteiger partial charge in [-0.15, -0.1) is 0 Å². The molecule has 0 fully saturated rings. The van der Waals surface area contributed by atoms with Gasteiger partial charge >= 0.3 is 0 Å². The number of para-hydroxylation sites is 1. The van der Waals surface area contributed by atoms with Crippen LogP contribution in [0.1, 0.15) is 29.5 Å². The molecule has 0 unspecified atom stereocenters. The van der Waals surface area contributed by atoms with Crippen LogP contribution in [0.15, 0.2) is 48.5 Å². The van der Waals surface area contributed by atoms with Crippen molar-refractivity contribution in [1.82, 2.24) is 0 Å². The Balaban J connectivity index is 1.59. The highest BCUT2D eigenvalue weighted by molar-refractivity contribution is 5.46. The van der Waals surface area contributed by atoms with Gasteiger partial charge in [-0.1, -0.05) is 55.5 Å². The van der Waals surface area contributed by atoms with Crippen molar-refractivity contribution >= 4 is 0 Å². The van der Waals surface area contributed by atoms with Gasteiger partial charge in [0.25, 0.3) is 0 Å². The van der Waals surface area contributed by atoms with Crippen molar-refractivity contribution in [3.8, 4) is 5.75 Å². The summed E-state index contributed by atoms with van der Waals surface area (Å²) in [7, 11) is 0. The minimum absolute atomic E-state index is 0.120. The number of hydrogen-bond acceptors (Lipinski definition) is 2. The molecule has 0 aliphatic carbocycles. The summed E-state index contributed by atoms with van der Waals surface area (Å²) in [5, 5.41) is 0. The molecule has 2 heteroatoms. The maximum Gasteiger partial charge on any atom is 0.129 e. The van der Waals surface area contributed by atoms with Crippen LogP contribution in [0.25, 0.3) is 0 Å². The molecule has 0 bridgehead atoms. The van der Waals surface area contributed by atoms with Crippen LogP contribution >= 0.6 is 0 Å². The van der Waals surface area contributed by atoms with Gasteiger partial charge in [0.15, 0.2) is 0 Å². The number of hydrogen-bond donors (Lipinski definition) is 0. The van der Waals surface area contributed by atoms with Crippen molar-refractivity contribution in [2.24, 2.45) is 0 Å². The van der Waals surface area contributed by atoms with Crippen molar-refractivity contribution < 1.29 is 9.47 Å². The Kier molecular flexibility index (Phi) is 3.75. The van der Waals surface area contributed by atoms with Crippen LogP contribution in [0.4, 0.5) is 0 Å². The predicted molar refractivity (Wildman–Crippen MR) is 80.1 cm³/mol. The molecule has 0 spiro atoms. The summed E-state index contributed by atoms with van der Waals surface area (Å²) in [6.45, 7) is 5.58. The monoisotopic (exact) mass is 268 g/mol. The van der Waals surface area contributed by atoms with E-state index in [-0.39, 0.29) is 6.10 Å². The number of fused-ring (bicyclic) bond motifs is 1. The SMILES string of the molecule is Cc1cccc2c1O[C@H](COCc1ccccc1)[C@H]2C. The fourth-order valence-electron chi connectivity index (χ4n) is 2.69. The Morgan fingerprint density at radius 3 is 2.60 bits per heavy atom. The van der Waals surface area contributed by atoms with Crippen LogP contribution in [0, 0.1) is 6.92 Å². The predicted octanol–water partition coefficient (Wildman–Crippen LogP) is 4.08. The van der Waals surface area contributed by atoms with E-state index in [1.54, 1.807) is 0 Å². The van der Waals surface area contributed by atoms with E-state index in [9.17, 15) is 0 Å². The second-order valence-electron chi connectivity index (χ2n) is 5.44. The maximum absolute atomic E-state index is 6.06. The van der Waals surface area contributed by atoms with Gasteiger partial charge < -0.3 is 9.47 Å². The third-order valence-electron chi connectivity index (χ3n) is 3.95. The maximum atomic E-state index is 6.06. The molecular formula is C18H20O2. The Labute approximate surface area is 120 Å². The highest BCUT2D eigenvalue weighted by Gasteiger charge is 2.31. The lowest BCUT2D eigenvalue weighted by Crippen LogP contribution is -2.23. The van der Waals surface area contributed by atoms with Gasteiger partial charge in [0.1, 0.15) is 11.9 Å². The quantitative estimate of drug-likeness (QED) is 0.832. The zero-order valence-corrected chi connectivity index (χ0v) is 12.0. The van der Waals surface area contributed by atoms with Gasteiger partial charge in [0.05, 0.1) is 13.2 Å². The molecule has 3 rings (SSSR count). The van der Waals surface area contributed by atoms with Gasteiger partial charge in [-0.3, -0.25) is 0 Å². The summed E-state index contributed by atoms with van der Waals surface area (Å²) in [6.07, 6.45) is 0.120. The van der Waals surface area contributed by atoms with Crippen molar-refractivity contribution in [2.45, 2.75) is 32.5 Å². The van der Waals surface area contributed by atoms with E-state index >= 15 is 0 Å². The van der Waals surface area contributed by atoms with Crippen LogP contribution < -0.4 is 4.74 Å². The van der Waals surface area contributed by atoms with E-state index in [0.717, 1.165) is 5.75 Å². The second kappa shape index (κ2) is 5.68. The van der Waals surface area contributed by atoms with E-state index < -0.39 is 0 Å². The van der Waals surface area contributed by atoms with Crippen LogP contribution in [0.3, 0.4) is 0 Å². The Morgan fingerprint density at radius 2 is 1.85 bits per heavy atom. The number of aryl methyl sites for hydroxylation is 1. The minimum Gasteiger partial charge on any atom is -0.487 e. The second-order valence-corrected chi connectivity index (χ2v) is 5.44. The molecule has 0 aromatic heterocycles. The fraction of sp³-hybridized carbons (Fsp3) is 0.333. The van der Waals surface area contributed by atoms with Crippen molar-refractivity contribution in [1.29, 1.82) is 0 Å². The molecule has 1 heterocycles. The van der Waals surface area contributed by atoms with Crippen molar-refractivity contribution in [3.05, 3.63) is 65.2 Å². The standard InChI is InChI=1S/C18H20O2/c1-13-7-6-10-16-14(2)17(20-18(13)16)12-19-11-15-8-4-3-5-9-15/h3-10,14,17H,11-12H2,1-2H3/t14-,17+/m0/s1. The summed E-state index contributed by atoms with van der Waals surface area (Å²) in [6, 6.07) is 16.6. The van der Waals surface area contributed by atoms with Crippen LogP contribution in [-0.2, 0) is 11.3 Å². The van der Waals surface area contributed by atoms with E-state index in [0.29, 0.717) is 19.1 Å². The molecule has 1 aliphatic rings. The summed E-state index contributed by atoms with van der Waals surface area (Å²) in [5.41, 5.74) is 3.71. The molecule has 0 saturated carbocycles. The van der Waals surface area contributed by atoms with Crippen LogP contribution in [0.5, 0.6) is 5.75 Å². The summed E-state index contributed by atoms with van der Waals surface area (Å²) in [4.78, 5) is 0. The van der Waals surface area contributed by atoms with Gasteiger partial charge in [0.2, 0.25) is 0 Å². The topological polar surface area (TPSA) is 18.5 Å². The van der Waals surface area contributed by atoms with Gasteiger partial charge in [0, 0.05) is 11.5 Å². The smallest absolute Gasteiger partial charge is 0.129 e. The van der Waals surface area contributed by atoms with Crippen LogP contribution in [0.2, 0.25) is 0 Å². The highest BCUT2D eigenvalue weighted by Crippen LogP contribution is 2.40. The lowest BCUT2D eigenvalue weighted by atomic mass is 9.97. The molecule has 0 N–H and O–H groups in total. The normalized spacial score (nSPS) is 20.5. The lowest BCUT2D eigenvalue weighted by Gasteiger charge is -2.15. The molecule has 0 radical (unpaired) electrons. The summed E-state index contributed by atoms with van der Waals surface area (Å²) >= 11 is 0. The first kappa shape index (κ1) is 13.2. The Bertz CT molecular complexity index is 577. The number of rotatable bonds is 4. The molecule has 0 amide bonds. The van der Waals surface area contributed by atoms with Crippen molar-refractivity contribution in [2.75, 3.05) is 6.61 Å². The molecule has 2 nitrogen and oxygen atoms in total. The zero-order valence-electron chi connectivity index (χ0n) is 12.0. The number of benzene rings is 2. The van der Waals surface area contributed by atoms with E-state index in [1.165, 1.54) is 16.7 Å². The molecule has 2 atom stereocenters. The first-order chi connectivity index (χ1) is 9.75. The largest absolute Gasteiger partial charge is 0.487 e. The molecule has 20 heavy (non-hydrogen) atoms. The molecule has 104 valence electrons. The van der Waals surface area contributed by atoms with Gasteiger partial charge in [-0.2, -0.15) is 0 Å². The zero-order chi connectivity index (χ0) is 13.9. The van der Waals surface area contributed by atoms with E-state index in [2.05, 4.69) is 44.2 Å². The minimum atomic E-state index is 0.120. The molecule has 2 aromatic carbocycles. The molecule has 2 aromatic rings. The van der Waals surface area contributed by atoms with E-state index in [4.69, 9.17) is 9.47 Å². The van der Waals surface area contributed by atoms with Crippen molar-refractivity contribution in [3.63, 3.8) is 0 Å². The molecule has 0 saturated heterocycles. The third-order valence-corrected chi connectivity index (χ3v) is 3.95. The molecular weight excluding hydrogens is 248 g/mol. The summed E-state index contributed by atoms with van der Waals surface area (Å²) in [5.74, 6) is 1.44. The first-order valence-electron chi connectivity index (χ1n) is 7.13.